The number of hydrogen-bond acceptors (Lipinski definition) is 5. The van der Waals surface area contributed by atoms with Gasteiger partial charge in [-0.2, -0.15) is 0 Å². The molecule has 0 aromatic heterocycles. The molecule has 5 N–H and O–H groups in total. The molecular weight excluding hydrogens is 358 g/mol. The van der Waals surface area contributed by atoms with E-state index in [1.807, 2.05) is 30.3 Å². The maximum atomic E-state index is 11.9. The molecule has 0 bridgehead atoms. The van der Waals surface area contributed by atoms with Crippen LogP contribution < -0.4 is 21.1 Å². The van der Waals surface area contributed by atoms with Crippen LogP contribution in [0.15, 0.2) is 48.5 Å². The topological polar surface area (TPSA) is 114 Å². The van der Waals surface area contributed by atoms with Crippen molar-refractivity contribution in [2.24, 2.45) is 5.73 Å². The average Bonchev–Trinajstić information content (AvgIpc) is 2.71. The minimum Gasteiger partial charge on any atom is -0.489 e. The van der Waals surface area contributed by atoms with Gasteiger partial charge in [-0.05, 0) is 29.7 Å². The maximum absolute atomic E-state index is 11.9. The Kier molecular flexibility index (Phi) is 8.97. The molecule has 2 aromatic rings. The molecule has 28 heavy (non-hydrogen) atoms. The first kappa shape index (κ1) is 21.4. The third-order valence-corrected chi connectivity index (χ3v) is 3.99. The van der Waals surface area contributed by atoms with Crippen LogP contribution in [0, 0.1) is 6.42 Å². The predicted molar refractivity (Wildman–Crippen MR) is 107 cm³/mol. The lowest BCUT2D eigenvalue weighted by atomic mass is 10.0. The summed E-state index contributed by atoms with van der Waals surface area (Å²) in [7, 11) is 0. The number of ether oxygens (including phenoxy) is 1. The zero-order valence-electron chi connectivity index (χ0n) is 15.7. The van der Waals surface area contributed by atoms with E-state index in [0.29, 0.717) is 43.1 Å². The van der Waals surface area contributed by atoms with Gasteiger partial charge < -0.3 is 26.2 Å². The molecule has 0 atom stereocenters. The number of aliphatic hydroxyl groups is 1. The van der Waals surface area contributed by atoms with Gasteiger partial charge in [0, 0.05) is 25.2 Å². The summed E-state index contributed by atoms with van der Waals surface area (Å²) in [5.41, 5.74) is 7.50. The molecule has 0 aliphatic rings. The molecule has 0 spiro atoms. The summed E-state index contributed by atoms with van der Waals surface area (Å²) in [6, 6.07) is 14.8. The largest absolute Gasteiger partial charge is 0.489 e. The lowest BCUT2D eigenvalue weighted by molar-refractivity contribution is -0.117. The molecular formula is C21H26N3O4. The van der Waals surface area contributed by atoms with Crippen LogP contribution in [-0.2, 0) is 17.8 Å². The lowest BCUT2D eigenvalue weighted by Gasteiger charge is -2.11. The summed E-state index contributed by atoms with van der Waals surface area (Å²) in [6.45, 7) is 1.95. The molecule has 0 aliphatic heterocycles. The Bertz CT molecular complexity index is 766. The van der Waals surface area contributed by atoms with Gasteiger partial charge in [0.1, 0.15) is 12.4 Å². The molecule has 0 aliphatic carbocycles. The van der Waals surface area contributed by atoms with E-state index < -0.39 is 5.91 Å². The fraction of sp³-hybridized carbons (Fsp3) is 0.286. The first-order chi connectivity index (χ1) is 13.6. The van der Waals surface area contributed by atoms with Gasteiger partial charge in [0.25, 0.3) is 0 Å². The van der Waals surface area contributed by atoms with Gasteiger partial charge in [-0.1, -0.05) is 36.4 Å². The van der Waals surface area contributed by atoms with Crippen LogP contribution in [0.2, 0.25) is 0 Å². The van der Waals surface area contributed by atoms with Crippen LogP contribution in [-0.4, -0.2) is 43.2 Å². The highest BCUT2D eigenvalue weighted by atomic mass is 16.5. The SMILES string of the molecule is NC(=O)c1cc(OCc2ccccc2)ccc1C[CH]C(=O)NCCNCCO. The van der Waals surface area contributed by atoms with Gasteiger partial charge in [-0.3, -0.25) is 9.59 Å². The van der Waals surface area contributed by atoms with Gasteiger partial charge in [0.2, 0.25) is 11.8 Å². The molecule has 0 saturated carbocycles. The Labute approximate surface area is 164 Å². The van der Waals surface area contributed by atoms with Gasteiger partial charge >= 0.3 is 0 Å². The van der Waals surface area contributed by atoms with E-state index in [2.05, 4.69) is 10.6 Å². The summed E-state index contributed by atoms with van der Waals surface area (Å²) >= 11 is 0. The van der Waals surface area contributed by atoms with Crippen molar-refractivity contribution in [3.8, 4) is 5.75 Å². The molecule has 149 valence electrons. The van der Waals surface area contributed by atoms with Gasteiger partial charge in [0.05, 0.1) is 13.0 Å². The number of aliphatic hydroxyl groups excluding tert-OH is 1. The summed E-state index contributed by atoms with van der Waals surface area (Å²) in [6.07, 6.45) is 1.76. The van der Waals surface area contributed by atoms with Gasteiger partial charge in [-0.25, -0.2) is 0 Å². The fourth-order valence-electron chi connectivity index (χ4n) is 2.55. The van der Waals surface area contributed by atoms with Crippen LogP contribution >= 0.6 is 0 Å². The second-order valence-electron chi connectivity index (χ2n) is 6.13. The predicted octanol–water partition coefficient (Wildman–Crippen LogP) is 0.809. The zero-order valence-corrected chi connectivity index (χ0v) is 15.7. The molecule has 0 unspecified atom stereocenters. The molecule has 1 radical (unpaired) electrons. The molecule has 0 heterocycles. The zero-order chi connectivity index (χ0) is 20.2. The molecule has 2 rings (SSSR count). The van der Waals surface area contributed by atoms with E-state index >= 15 is 0 Å². The summed E-state index contributed by atoms with van der Waals surface area (Å²) in [5.74, 6) is -0.256. The minimum absolute atomic E-state index is 0.0566. The number of hydrogen-bond donors (Lipinski definition) is 4. The number of benzene rings is 2. The van der Waals surface area contributed by atoms with Crippen LogP contribution in [0.3, 0.4) is 0 Å². The molecule has 7 heteroatoms. The highest BCUT2D eigenvalue weighted by Crippen LogP contribution is 2.20. The normalized spacial score (nSPS) is 10.5. The molecule has 7 nitrogen and oxygen atoms in total. The van der Waals surface area contributed by atoms with Crippen LogP contribution in [0.25, 0.3) is 0 Å². The third-order valence-electron chi connectivity index (χ3n) is 3.99. The minimum atomic E-state index is -0.567. The highest BCUT2D eigenvalue weighted by molar-refractivity contribution is 5.95. The molecule has 0 saturated heterocycles. The standard InChI is InChI=1S/C21H26N3O4/c22-21(27)19-14-18(28-15-16-4-2-1-3-5-16)8-6-17(19)7-9-20(26)24-11-10-23-12-13-25/h1-6,8-9,14,23,25H,7,10-13,15H2,(H2,22,27)(H,24,26). The number of rotatable bonds is 12. The Morgan fingerprint density at radius 3 is 2.57 bits per heavy atom. The van der Waals surface area contributed by atoms with Crippen LogP contribution in [0.1, 0.15) is 21.5 Å². The molecule has 2 aromatic carbocycles. The van der Waals surface area contributed by atoms with E-state index in [9.17, 15) is 9.59 Å². The number of nitrogens with one attached hydrogen (secondary N) is 2. The maximum Gasteiger partial charge on any atom is 0.249 e. The smallest absolute Gasteiger partial charge is 0.249 e. The highest BCUT2D eigenvalue weighted by Gasteiger charge is 2.12. The fourth-order valence-corrected chi connectivity index (χ4v) is 2.55. The van der Waals surface area contributed by atoms with Crippen molar-refractivity contribution in [1.29, 1.82) is 0 Å². The second kappa shape index (κ2) is 11.7. The quantitative estimate of drug-likeness (QED) is 0.405. The number of amides is 2. The Balaban J connectivity index is 1.88. The van der Waals surface area contributed by atoms with Crippen LogP contribution in [0.5, 0.6) is 5.75 Å². The summed E-state index contributed by atoms with van der Waals surface area (Å²) < 4.78 is 5.73. The second-order valence-corrected chi connectivity index (χ2v) is 6.13. The van der Waals surface area contributed by atoms with Crippen molar-refractivity contribution < 1.29 is 19.4 Å². The van der Waals surface area contributed by atoms with Crippen molar-refractivity contribution in [2.75, 3.05) is 26.2 Å². The Morgan fingerprint density at radius 1 is 1.07 bits per heavy atom. The first-order valence-electron chi connectivity index (χ1n) is 9.12. The monoisotopic (exact) mass is 384 g/mol. The van der Waals surface area contributed by atoms with E-state index in [0.717, 1.165) is 5.56 Å². The van der Waals surface area contributed by atoms with E-state index in [4.69, 9.17) is 15.6 Å². The van der Waals surface area contributed by atoms with Crippen molar-refractivity contribution in [1.82, 2.24) is 10.6 Å². The van der Waals surface area contributed by atoms with E-state index in [1.54, 1.807) is 18.2 Å². The van der Waals surface area contributed by atoms with E-state index in [1.165, 1.54) is 6.42 Å². The number of carbonyl (C=O) groups is 2. The summed E-state index contributed by atoms with van der Waals surface area (Å²) in [4.78, 5) is 23.7. The van der Waals surface area contributed by atoms with Gasteiger partial charge in [0.15, 0.2) is 0 Å². The number of primary amides is 1. The van der Waals surface area contributed by atoms with Gasteiger partial charge in [-0.15, -0.1) is 0 Å². The van der Waals surface area contributed by atoms with Crippen molar-refractivity contribution in [2.45, 2.75) is 13.0 Å². The molecule has 0 fully saturated rings. The lowest BCUT2D eigenvalue weighted by Crippen LogP contribution is -2.33. The number of nitrogens with two attached hydrogens (primary N) is 1. The first-order valence-corrected chi connectivity index (χ1v) is 9.12. The van der Waals surface area contributed by atoms with E-state index in [-0.39, 0.29) is 18.9 Å². The summed E-state index contributed by atoms with van der Waals surface area (Å²) in [5, 5.41) is 14.4. The Hall–Kier alpha value is -2.90. The van der Waals surface area contributed by atoms with Crippen molar-refractivity contribution >= 4 is 11.8 Å². The number of carbonyl (C=O) groups excluding carboxylic acids is 2. The third kappa shape index (κ3) is 7.38. The average molecular weight is 384 g/mol. The molecule has 2 amide bonds. The Morgan fingerprint density at radius 2 is 1.86 bits per heavy atom. The van der Waals surface area contributed by atoms with Crippen molar-refractivity contribution in [3.05, 3.63) is 71.6 Å². The van der Waals surface area contributed by atoms with Crippen molar-refractivity contribution in [3.63, 3.8) is 0 Å². The van der Waals surface area contributed by atoms with Crippen LogP contribution in [0.4, 0.5) is 0 Å².